The normalized spacial score (nSPS) is 15.6. The molecule has 2 amide bonds. The van der Waals surface area contributed by atoms with E-state index >= 15 is 0 Å². The van der Waals surface area contributed by atoms with Crippen LogP contribution in [0.25, 0.3) is 0 Å². The number of hydrogen-bond donors (Lipinski definition) is 1. The van der Waals surface area contributed by atoms with Gasteiger partial charge >= 0.3 is 5.97 Å². The fourth-order valence-corrected chi connectivity index (χ4v) is 3.15. The molecule has 0 aromatic heterocycles. The first-order valence-electron chi connectivity index (χ1n) is 8.47. The van der Waals surface area contributed by atoms with Crippen LogP contribution in [-0.4, -0.2) is 42.4 Å². The van der Waals surface area contributed by atoms with E-state index in [1.165, 1.54) is 18.1 Å². The number of benzene rings is 2. The second-order valence-electron chi connectivity index (χ2n) is 6.18. The largest absolute Gasteiger partial charge is 0.483 e. The maximum atomic E-state index is 12.8. The number of nitrogens with zero attached hydrogens (tertiary/aromatic N) is 1. The number of fused-ring (bicyclic) bond motifs is 1. The van der Waals surface area contributed by atoms with Gasteiger partial charge in [0, 0.05) is 13.0 Å². The van der Waals surface area contributed by atoms with Gasteiger partial charge in [-0.2, -0.15) is 0 Å². The van der Waals surface area contributed by atoms with E-state index in [1.807, 2.05) is 24.3 Å². The first-order chi connectivity index (χ1) is 13.0. The zero-order valence-corrected chi connectivity index (χ0v) is 14.9. The Morgan fingerprint density at radius 2 is 1.74 bits per heavy atom. The standard InChI is InChI=1S/C20H20N2O5/c1-26-20(25)16-10-13-6-2-3-7-14(13)11-22(16)18(23)12-27-17-9-5-4-8-15(17)19(21)24/h2-9,16H,10-12H2,1H3,(H2,21,24)/t16-/m1/s1. The molecule has 0 saturated heterocycles. The molecule has 0 radical (unpaired) electrons. The summed E-state index contributed by atoms with van der Waals surface area (Å²) >= 11 is 0. The molecule has 2 aromatic carbocycles. The molecule has 1 aliphatic heterocycles. The van der Waals surface area contributed by atoms with Crippen LogP contribution in [0, 0.1) is 0 Å². The first-order valence-corrected chi connectivity index (χ1v) is 8.47. The number of methoxy groups -OCH3 is 1. The predicted molar refractivity (Wildman–Crippen MR) is 97.0 cm³/mol. The Balaban J connectivity index is 1.78. The number of amides is 2. The van der Waals surface area contributed by atoms with Gasteiger partial charge in [-0.05, 0) is 23.3 Å². The van der Waals surface area contributed by atoms with E-state index in [0.717, 1.165) is 11.1 Å². The molecule has 3 rings (SSSR count). The molecule has 0 fully saturated rings. The van der Waals surface area contributed by atoms with Crippen LogP contribution < -0.4 is 10.5 Å². The van der Waals surface area contributed by atoms with Crippen molar-refractivity contribution in [3.8, 4) is 5.75 Å². The average molecular weight is 368 g/mol. The van der Waals surface area contributed by atoms with Crippen molar-refractivity contribution in [1.82, 2.24) is 4.90 Å². The zero-order chi connectivity index (χ0) is 19.4. The monoisotopic (exact) mass is 368 g/mol. The lowest BCUT2D eigenvalue weighted by molar-refractivity contribution is -0.154. The molecule has 0 bridgehead atoms. The fourth-order valence-electron chi connectivity index (χ4n) is 3.15. The Kier molecular flexibility index (Phi) is 5.40. The molecule has 1 aliphatic rings. The number of carbonyl (C=O) groups excluding carboxylic acids is 3. The Bertz CT molecular complexity index is 880. The smallest absolute Gasteiger partial charge is 0.328 e. The average Bonchev–Trinajstić information content (AvgIpc) is 2.70. The van der Waals surface area contributed by atoms with Gasteiger partial charge in [0.2, 0.25) is 0 Å². The lowest BCUT2D eigenvalue weighted by Crippen LogP contribution is -2.50. The van der Waals surface area contributed by atoms with Crippen LogP contribution in [0.15, 0.2) is 48.5 Å². The van der Waals surface area contributed by atoms with Crippen LogP contribution in [0.5, 0.6) is 5.75 Å². The molecule has 140 valence electrons. The molecule has 1 heterocycles. The van der Waals surface area contributed by atoms with E-state index in [4.69, 9.17) is 15.2 Å². The van der Waals surface area contributed by atoms with Crippen molar-refractivity contribution in [1.29, 1.82) is 0 Å². The Morgan fingerprint density at radius 1 is 1.07 bits per heavy atom. The molecular formula is C20H20N2O5. The number of carbonyl (C=O) groups is 3. The van der Waals surface area contributed by atoms with Crippen molar-refractivity contribution in [3.05, 3.63) is 65.2 Å². The van der Waals surface area contributed by atoms with Crippen LogP contribution in [0.3, 0.4) is 0 Å². The van der Waals surface area contributed by atoms with E-state index in [2.05, 4.69) is 0 Å². The number of hydrogen-bond acceptors (Lipinski definition) is 5. The Labute approximate surface area is 156 Å². The highest BCUT2D eigenvalue weighted by molar-refractivity contribution is 5.95. The summed E-state index contributed by atoms with van der Waals surface area (Å²) in [4.78, 5) is 37.9. The topological polar surface area (TPSA) is 98.9 Å². The van der Waals surface area contributed by atoms with Gasteiger partial charge in [0.1, 0.15) is 11.8 Å². The third kappa shape index (κ3) is 3.92. The number of nitrogens with two attached hydrogens (primary N) is 1. The van der Waals surface area contributed by atoms with Crippen LogP contribution in [-0.2, 0) is 27.3 Å². The van der Waals surface area contributed by atoms with E-state index in [9.17, 15) is 14.4 Å². The number of esters is 1. The third-order valence-corrected chi connectivity index (χ3v) is 4.55. The van der Waals surface area contributed by atoms with Gasteiger partial charge in [0.05, 0.1) is 12.7 Å². The first kappa shape index (κ1) is 18.4. The fraction of sp³-hybridized carbons (Fsp3) is 0.250. The third-order valence-electron chi connectivity index (χ3n) is 4.55. The molecule has 7 nitrogen and oxygen atoms in total. The number of primary amides is 1. The highest BCUT2D eigenvalue weighted by atomic mass is 16.5. The van der Waals surface area contributed by atoms with Gasteiger partial charge in [-0.15, -0.1) is 0 Å². The van der Waals surface area contributed by atoms with E-state index in [0.29, 0.717) is 6.42 Å². The Morgan fingerprint density at radius 3 is 2.44 bits per heavy atom. The zero-order valence-electron chi connectivity index (χ0n) is 14.9. The maximum absolute atomic E-state index is 12.8. The highest BCUT2D eigenvalue weighted by Gasteiger charge is 2.35. The van der Waals surface area contributed by atoms with Crippen molar-refractivity contribution < 1.29 is 23.9 Å². The number of ether oxygens (including phenoxy) is 2. The molecule has 0 unspecified atom stereocenters. The lowest BCUT2D eigenvalue weighted by Gasteiger charge is -2.35. The number of rotatable bonds is 5. The Hall–Kier alpha value is -3.35. The van der Waals surface area contributed by atoms with Crippen LogP contribution >= 0.6 is 0 Å². The minimum absolute atomic E-state index is 0.193. The van der Waals surface area contributed by atoms with E-state index in [-0.39, 0.29) is 30.4 Å². The summed E-state index contributed by atoms with van der Waals surface area (Å²) in [7, 11) is 1.30. The molecule has 27 heavy (non-hydrogen) atoms. The molecule has 0 aliphatic carbocycles. The van der Waals surface area contributed by atoms with Crippen LogP contribution in [0.2, 0.25) is 0 Å². The molecule has 2 N–H and O–H groups in total. The van der Waals surface area contributed by atoms with Crippen LogP contribution in [0.4, 0.5) is 0 Å². The number of para-hydroxylation sites is 1. The molecule has 7 heteroatoms. The highest BCUT2D eigenvalue weighted by Crippen LogP contribution is 2.25. The van der Waals surface area contributed by atoms with Crippen molar-refractivity contribution in [3.63, 3.8) is 0 Å². The second-order valence-corrected chi connectivity index (χ2v) is 6.18. The van der Waals surface area contributed by atoms with Gasteiger partial charge in [0.25, 0.3) is 11.8 Å². The van der Waals surface area contributed by atoms with E-state index < -0.39 is 17.9 Å². The summed E-state index contributed by atoms with van der Waals surface area (Å²) in [6.45, 7) is -0.0322. The molecular weight excluding hydrogens is 348 g/mol. The molecule has 0 saturated carbocycles. The minimum Gasteiger partial charge on any atom is -0.483 e. The van der Waals surface area contributed by atoms with Gasteiger partial charge in [-0.1, -0.05) is 36.4 Å². The summed E-state index contributed by atoms with van der Waals surface area (Å²) in [6, 6.07) is 13.4. The summed E-state index contributed by atoms with van der Waals surface area (Å²) in [5.41, 5.74) is 7.50. The van der Waals surface area contributed by atoms with Gasteiger partial charge in [0.15, 0.2) is 6.61 Å². The van der Waals surface area contributed by atoms with Gasteiger partial charge in [-0.25, -0.2) is 4.79 Å². The van der Waals surface area contributed by atoms with Gasteiger partial charge in [-0.3, -0.25) is 9.59 Å². The predicted octanol–water partition coefficient (Wildman–Crippen LogP) is 1.29. The van der Waals surface area contributed by atoms with Crippen LogP contribution in [0.1, 0.15) is 21.5 Å². The molecule has 2 aromatic rings. The lowest BCUT2D eigenvalue weighted by atomic mass is 9.94. The van der Waals surface area contributed by atoms with Gasteiger partial charge < -0.3 is 20.1 Å². The maximum Gasteiger partial charge on any atom is 0.328 e. The summed E-state index contributed by atoms with van der Waals surface area (Å²) in [5, 5.41) is 0. The summed E-state index contributed by atoms with van der Waals surface area (Å²) < 4.78 is 10.4. The minimum atomic E-state index is -0.715. The summed E-state index contributed by atoms with van der Waals surface area (Å²) in [6.07, 6.45) is 0.381. The molecule has 0 spiro atoms. The summed E-state index contributed by atoms with van der Waals surface area (Å²) in [5.74, 6) is -1.27. The van der Waals surface area contributed by atoms with E-state index in [1.54, 1.807) is 18.2 Å². The van der Waals surface area contributed by atoms with Crippen molar-refractivity contribution in [2.24, 2.45) is 5.73 Å². The quantitative estimate of drug-likeness (QED) is 0.802. The molecule has 1 atom stereocenters. The van der Waals surface area contributed by atoms with Crippen molar-refractivity contribution in [2.45, 2.75) is 19.0 Å². The van der Waals surface area contributed by atoms with Crippen molar-refractivity contribution in [2.75, 3.05) is 13.7 Å². The second kappa shape index (κ2) is 7.90. The van der Waals surface area contributed by atoms with Crippen molar-refractivity contribution >= 4 is 17.8 Å². The SMILES string of the molecule is COC(=O)[C@H]1Cc2ccccc2CN1C(=O)COc1ccccc1C(N)=O.